The Balaban J connectivity index is 2.05. The van der Waals surface area contributed by atoms with Gasteiger partial charge in [-0.2, -0.15) is 0 Å². The van der Waals surface area contributed by atoms with Crippen LogP contribution >= 0.6 is 0 Å². The van der Waals surface area contributed by atoms with Crippen molar-refractivity contribution in [3.05, 3.63) is 42.1 Å². The zero-order valence-electron chi connectivity index (χ0n) is 10.2. The lowest BCUT2D eigenvalue weighted by Gasteiger charge is -2.05. The van der Waals surface area contributed by atoms with Gasteiger partial charge in [0.2, 0.25) is 0 Å². The number of anilines is 1. The van der Waals surface area contributed by atoms with Gasteiger partial charge in [0.25, 0.3) is 0 Å². The van der Waals surface area contributed by atoms with Crippen LogP contribution in [0, 0.1) is 6.92 Å². The number of hydrogen-bond donors (Lipinski definition) is 1. The molecule has 1 aromatic heterocycles. The van der Waals surface area contributed by atoms with E-state index in [1.165, 1.54) is 12.6 Å². The molecule has 0 saturated heterocycles. The van der Waals surface area contributed by atoms with Gasteiger partial charge in [0.1, 0.15) is 11.5 Å². The summed E-state index contributed by atoms with van der Waals surface area (Å²) in [7, 11) is -3.14. The third-order valence-corrected chi connectivity index (χ3v) is 3.72. The molecule has 2 rings (SSSR count). The lowest BCUT2D eigenvalue weighted by atomic mass is 10.3. The van der Waals surface area contributed by atoms with E-state index in [9.17, 15) is 8.42 Å². The monoisotopic (exact) mass is 266 g/mol. The van der Waals surface area contributed by atoms with E-state index < -0.39 is 9.84 Å². The molecule has 0 amide bonds. The minimum Gasteiger partial charge on any atom is -0.448 e. The molecule has 18 heavy (non-hydrogen) atoms. The van der Waals surface area contributed by atoms with Gasteiger partial charge in [-0.25, -0.2) is 13.4 Å². The van der Waals surface area contributed by atoms with Gasteiger partial charge in [0.05, 0.1) is 11.4 Å². The summed E-state index contributed by atoms with van der Waals surface area (Å²) in [6.45, 7) is 2.39. The van der Waals surface area contributed by atoms with E-state index >= 15 is 0 Å². The lowest BCUT2D eigenvalue weighted by Crippen LogP contribution is -2.02. The molecule has 0 radical (unpaired) electrons. The molecule has 0 aliphatic heterocycles. The minimum atomic E-state index is -3.14. The summed E-state index contributed by atoms with van der Waals surface area (Å²) < 4.78 is 27.7. The van der Waals surface area contributed by atoms with Crippen molar-refractivity contribution in [2.24, 2.45) is 0 Å². The number of rotatable bonds is 4. The Morgan fingerprint density at radius 3 is 2.44 bits per heavy atom. The fraction of sp³-hybridized carbons (Fsp3) is 0.250. The van der Waals surface area contributed by atoms with Crippen LogP contribution in [0.15, 0.2) is 40.0 Å². The summed E-state index contributed by atoms with van der Waals surface area (Å²) in [6, 6.07) is 6.61. The number of oxazole rings is 1. The fourth-order valence-corrected chi connectivity index (χ4v) is 2.13. The molecule has 6 heteroatoms. The smallest absolute Gasteiger partial charge is 0.181 e. The number of sulfone groups is 1. The van der Waals surface area contributed by atoms with Gasteiger partial charge in [0.15, 0.2) is 16.2 Å². The maximum atomic E-state index is 11.3. The van der Waals surface area contributed by atoms with E-state index in [1.807, 2.05) is 6.92 Å². The van der Waals surface area contributed by atoms with Crippen molar-refractivity contribution in [1.82, 2.24) is 4.98 Å². The molecule has 0 bridgehead atoms. The minimum absolute atomic E-state index is 0.311. The zero-order valence-corrected chi connectivity index (χ0v) is 11.0. The van der Waals surface area contributed by atoms with Crippen LogP contribution in [0.5, 0.6) is 0 Å². The standard InChI is InChI=1S/C12H14N2O3S/c1-9-12(14-8-17-9)7-13-10-3-5-11(6-4-10)18(2,15)16/h3-6,8,13H,7H2,1-2H3. The van der Waals surface area contributed by atoms with Crippen LogP contribution in [0.25, 0.3) is 0 Å². The van der Waals surface area contributed by atoms with Gasteiger partial charge in [-0.3, -0.25) is 0 Å². The molecule has 2 aromatic rings. The van der Waals surface area contributed by atoms with Crippen molar-refractivity contribution in [3.8, 4) is 0 Å². The highest BCUT2D eigenvalue weighted by Gasteiger charge is 2.06. The van der Waals surface area contributed by atoms with Crippen LogP contribution < -0.4 is 5.32 Å². The maximum Gasteiger partial charge on any atom is 0.181 e. The average molecular weight is 266 g/mol. The second kappa shape index (κ2) is 4.81. The predicted molar refractivity (Wildman–Crippen MR) is 68.1 cm³/mol. The first-order chi connectivity index (χ1) is 8.47. The van der Waals surface area contributed by atoms with Crippen molar-refractivity contribution in [2.45, 2.75) is 18.4 Å². The molecule has 0 atom stereocenters. The van der Waals surface area contributed by atoms with Gasteiger partial charge in [0, 0.05) is 11.9 Å². The van der Waals surface area contributed by atoms with E-state index in [1.54, 1.807) is 24.3 Å². The second-order valence-corrected chi connectivity index (χ2v) is 6.02. The third-order valence-electron chi connectivity index (χ3n) is 2.59. The maximum absolute atomic E-state index is 11.3. The SMILES string of the molecule is Cc1ocnc1CNc1ccc(S(C)(=O)=O)cc1. The third kappa shape index (κ3) is 2.89. The highest BCUT2D eigenvalue weighted by molar-refractivity contribution is 7.90. The van der Waals surface area contributed by atoms with E-state index in [0.29, 0.717) is 11.4 Å². The Kier molecular flexibility index (Phi) is 3.38. The topological polar surface area (TPSA) is 72.2 Å². The Morgan fingerprint density at radius 2 is 1.94 bits per heavy atom. The fourth-order valence-electron chi connectivity index (χ4n) is 1.50. The first-order valence-electron chi connectivity index (χ1n) is 5.40. The van der Waals surface area contributed by atoms with Crippen LogP contribution in [-0.4, -0.2) is 19.7 Å². The molecule has 1 heterocycles. The number of nitrogens with zero attached hydrogens (tertiary/aromatic N) is 1. The summed E-state index contributed by atoms with van der Waals surface area (Å²) in [5.41, 5.74) is 1.67. The van der Waals surface area contributed by atoms with E-state index in [-0.39, 0.29) is 0 Å². The second-order valence-electron chi connectivity index (χ2n) is 4.01. The summed E-state index contributed by atoms with van der Waals surface area (Å²) in [5, 5.41) is 3.15. The number of aryl methyl sites for hydroxylation is 1. The highest BCUT2D eigenvalue weighted by Crippen LogP contribution is 2.15. The summed E-state index contributed by atoms with van der Waals surface area (Å²) in [5.74, 6) is 0.773. The molecule has 0 spiro atoms. The number of benzene rings is 1. The predicted octanol–water partition coefficient (Wildman–Crippen LogP) is 2.00. The molecule has 1 aromatic carbocycles. The first-order valence-corrected chi connectivity index (χ1v) is 7.29. The van der Waals surface area contributed by atoms with Gasteiger partial charge < -0.3 is 9.73 Å². The number of nitrogens with one attached hydrogen (secondary N) is 1. The van der Waals surface area contributed by atoms with Gasteiger partial charge >= 0.3 is 0 Å². The Morgan fingerprint density at radius 1 is 1.28 bits per heavy atom. The Labute approximate surface area is 106 Å². The quantitative estimate of drug-likeness (QED) is 0.916. The van der Waals surface area contributed by atoms with Crippen LogP contribution in [0.4, 0.5) is 5.69 Å². The Bertz CT molecular complexity index is 630. The molecule has 1 N–H and O–H groups in total. The number of aromatic nitrogens is 1. The van der Waals surface area contributed by atoms with Crippen LogP contribution in [0.1, 0.15) is 11.5 Å². The normalized spacial score (nSPS) is 11.4. The molecular formula is C12H14N2O3S. The summed E-state index contributed by atoms with van der Waals surface area (Å²) in [6.07, 6.45) is 2.59. The molecule has 0 aliphatic carbocycles. The van der Waals surface area contributed by atoms with Crippen LogP contribution in [0.2, 0.25) is 0 Å². The van der Waals surface area contributed by atoms with Crippen molar-refractivity contribution >= 4 is 15.5 Å². The van der Waals surface area contributed by atoms with Crippen LogP contribution in [-0.2, 0) is 16.4 Å². The Hall–Kier alpha value is -1.82. The van der Waals surface area contributed by atoms with Crippen molar-refractivity contribution in [1.29, 1.82) is 0 Å². The molecule has 96 valence electrons. The van der Waals surface area contributed by atoms with Gasteiger partial charge in [-0.15, -0.1) is 0 Å². The molecular weight excluding hydrogens is 252 g/mol. The van der Waals surface area contributed by atoms with Gasteiger partial charge in [-0.1, -0.05) is 0 Å². The van der Waals surface area contributed by atoms with E-state index in [4.69, 9.17) is 4.42 Å². The largest absolute Gasteiger partial charge is 0.448 e. The molecule has 5 nitrogen and oxygen atoms in total. The van der Waals surface area contributed by atoms with Crippen LogP contribution in [0.3, 0.4) is 0 Å². The molecule has 0 fully saturated rings. The average Bonchev–Trinajstić information content (AvgIpc) is 2.72. The lowest BCUT2D eigenvalue weighted by molar-refractivity contribution is 0.524. The summed E-state index contributed by atoms with van der Waals surface area (Å²) >= 11 is 0. The number of hydrogen-bond acceptors (Lipinski definition) is 5. The van der Waals surface area contributed by atoms with Crippen molar-refractivity contribution < 1.29 is 12.8 Å². The molecule has 0 aliphatic rings. The zero-order chi connectivity index (χ0) is 13.2. The summed E-state index contributed by atoms with van der Waals surface area (Å²) in [4.78, 5) is 4.37. The van der Waals surface area contributed by atoms with Gasteiger partial charge in [-0.05, 0) is 31.2 Å². The molecule has 0 unspecified atom stereocenters. The van der Waals surface area contributed by atoms with E-state index in [2.05, 4.69) is 10.3 Å². The van der Waals surface area contributed by atoms with Crippen molar-refractivity contribution in [2.75, 3.05) is 11.6 Å². The highest BCUT2D eigenvalue weighted by atomic mass is 32.2. The van der Waals surface area contributed by atoms with E-state index in [0.717, 1.165) is 17.1 Å². The van der Waals surface area contributed by atoms with Crippen molar-refractivity contribution in [3.63, 3.8) is 0 Å². The molecule has 0 saturated carbocycles. The first kappa shape index (κ1) is 12.6.